The van der Waals surface area contributed by atoms with E-state index in [1.54, 1.807) is 6.20 Å². The number of aryl methyl sites for hydroxylation is 1. The molecule has 0 bridgehead atoms. The molecule has 0 aliphatic rings. The van der Waals surface area contributed by atoms with Gasteiger partial charge in [-0.3, -0.25) is 9.97 Å². The lowest BCUT2D eigenvalue weighted by molar-refractivity contribution is 0.991. The molecule has 2 rings (SSSR count). The van der Waals surface area contributed by atoms with Crippen molar-refractivity contribution in [2.75, 3.05) is 0 Å². The minimum atomic E-state index is 0.465. The van der Waals surface area contributed by atoms with Gasteiger partial charge < -0.3 is 5.73 Å². The molecule has 0 aromatic carbocycles. The zero-order chi connectivity index (χ0) is 10.7. The standard InChI is InChI=1S/C12H13N3/c1-9-2-3-11(8-15-9)10-4-5-14-12(6-10)7-13/h2-6,8H,7,13H2,1H3. The monoisotopic (exact) mass is 199 g/mol. The van der Waals surface area contributed by atoms with Gasteiger partial charge in [0, 0.05) is 30.2 Å². The largest absolute Gasteiger partial charge is 0.325 e. The number of hydrogen-bond acceptors (Lipinski definition) is 3. The normalized spacial score (nSPS) is 10.3. The Balaban J connectivity index is 2.40. The van der Waals surface area contributed by atoms with Crippen molar-refractivity contribution >= 4 is 0 Å². The highest BCUT2D eigenvalue weighted by Crippen LogP contribution is 2.18. The lowest BCUT2D eigenvalue weighted by Crippen LogP contribution is -1.99. The number of hydrogen-bond donors (Lipinski definition) is 1. The highest BCUT2D eigenvalue weighted by atomic mass is 14.7. The second-order valence-electron chi connectivity index (χ2n) is 3.43. The summed E-state index contributed by atoms with van der Waals surface area (Å²) in [6, 6.07) is 8.01. The number of nitrogens with zero attached hydrogens (tertiary/aromatic N) is 2. The van der Waals surface area contributed by atoms with E-state index in [9.17, 15) is 0 Å². The first-order valence-electron chi connectivity index (χ1n) is 4.87. The first-order valence-corrected chi connectivity index (χ1v) is 4.87. The Bertz CT molecular complexity index is 449. The van der Waals surface area contributed by atoms with Gasteiger partial charge in [-0.2, -0.15) is 0 Å². The summed E-state index contributed by atoms with van der Waals surface area (Å²) in [6.07, 6.45) is 3.64. The molecule has 0 aliphatic heterocycles. The molecule has 3 nitrogen and oxygen atoms in total. The SMILES string of the molecule is Cc1ccc(-c2ccnc(CN)c2)cn1. The van der Waals surface area contributed by atoms with Crippen LogP contribution in [0.3, 0.4) is 0 Å². The molecule has 0 fully saturated rings. The number of rotatable bonds is 2. The molecule has 0 spiro atoms. The number of pyridine rings is 2. The molecule has 0 unspecified atom stereocenters. The molecule has 0 atom stereocenters. The van der Waals surface area contributed by atoms with Crippen molar-refractivity contribution in [2.24, 2.45) is 5.73 Å². The van der Waals surface area contributed by atoms with Crippen molar-refractivity contribution in [3.8, 4) is 11.1 Å². The third kappa shape index (κ3) is 2.19. The van der Waals surface area contributed by atoms with Crippen molar-refractivity contribution in [3.05, 3.63) is 48.0 Å². The molecule has 0 saturated carbocycles. The van der Waals surface area contributed by atoms with Gasteiger partial charge in [0.1, 0.15) is 0 Å². The summed E-state index contributed by atoms with van der Waals surface area (Å²) in [5.74, 6) is 0. The quantitative estimate of drug-likeness (QED) is 0.803. The van der Waals surface area contributed by atoms with E-state index >= 15 is 0 Å². The third-order valence-corrected chi connectivity index (χ3v) is 2.27. The molecule has 0 radical (unpaired) electrons. The molecule has 2 aromatic heterocycles. The molecule has 0 amide bonds. The molecule has 2 heterocycles. The maximum Gasteiger partial charge on any atom is 0.0545 e. The zero-order valence-electron chi connectivity index (χ0n) is 8.64. The van der Waals surface area contributed by atoms with E-state index < -0.39 is 0 Å². The van der Waals surface area contributed by atoms with Gasteiger partial charge in [0.05, 0.1) is 5.69 Å². The maximum absolute atomic E-state index is 5.54. The van der Waals surface area contributed by atoms with E-state index in [1.807, 2.05) is 31.3 Å². The Morgan fingerprint density at radius 3 is 2.67 bits per heavy atom. The van der Waals surface area contributed by atoms with Gasteiger partial charge in [0.25, 0.3) is 0 Å². The van der Waals surface area contributed by atoms with Crippen LogP contribution in [-0.2, 0) is 6.54 Å². The summed E-state index contributed by atoms with van der Waals surface area (Å²) in [7, 11) is 0. The summed E-state index contributed by atoms with van der Waals surface area (Å²) in [5.41, 5.74) is 9.66. The van der Waals surface area contributed by atoms with Gasteiger partial charge in [-0.05, 0) is 30.7 Å². The number of aromatic nitrogens is 2. The summed E-state index contributed by atoms with van der Waals surface area (Å²) < 4.78 is 0. The van der Waals surface area contributed by atoms with Gasteiger partial charge >= 0.3 is 0 Å². The fourth-order valence-corrected chi connectivity index (χ4v) is 1.41. The Labute approximate surface area is 89.0 Å². The second-order valence-corrected chi connectivity index (χ2v) is 3.43. The lowest BCUT2D eigenvalue weighted by Gasteiger charge is -2.03. The van der Waals surface area contributed by atoms with Crippen LogP contribution in [0.5, 0.6) is 0 Å². The van der Waals surface area contributed by atoms with Crippen LogP contribution >= 0.6 is 0 Å². The second kappa shape index (κ2) is 4.19. The molecule has 0 aliphatic carbocycles. The number of nitrogens with two attached hydrogens (primary N) is 1. The first kappa shape index (κ1) is 9.80. The molecule has 15 heavy (non-hydrogen) atoms. The van der Waals surface area contributed by atoms with Gasteiger partial charge in [-0.15, -0.1) is 0 Å². The molecular formula is C12H13N3. The zero-order valence-corrected chi connectivity index (χ0v) is 8.64. The van der Waals surface area contributed by atoms with Crippen LogP contribution in [0.15, 0.2) is 36.7 Å². The van der Waals surface area contributed by atoms with Crippen LogP contribution in [0.4, 0.5) is 0 Å². The highest BCUT2D eigenvalue weighted by Gasteiger charge is 1.99. The predicted molar refractivity (Wildman–Crippen MR) is 60.1 cm³/mol. The fourth-order valence-electron chi connectivity index (χ4n) is 1.41. The third-order valence-electron chi connectivity index (χ3n) is 2.27. The lowest BCUT2D eigenvalue weighted by atomic mass is 10.1. The van der Waals surface area contributed by atoms with E-state index in [0.29, 0.717) is 6.54 Å². The average molecular weight is 199 g/mol. The summed E-state index contributed by atoms with van der Waals surface area (Å²) in [6.45, 7) is 2.44. The van der Waals surface area contributed by atoms with Crippen LogP contribution in [0.25, 0.3) is 11.1 Å². The molecule has 76 valence electrons. The first-order chi connectivity index (χ1) is 7.29. The van der Waals surface area contributed by atoms with E-state index in [-0.39, 0.29) is 0 Å². The summed E-state index contributed by atoms with van der Waals surface area (Å²) in [4.78, 5) is 8.41. The average Bonchev–Trinajstić information content (AvgIpc) is 2.30. The topological polar surface area (TPSA) is 51.8 Å². The van der Waals surface area contributed by atoms with Crippen LogP contribution in [0.2, 0.25) is 0 Å². The van der Waals surface area contributed by atoms with E-state index in [0.717, 1.165) is 22.5 Å². The Kier molecular flexibility index (Phi) is 2.74. The van der Waals surface area contributed by atoms with Crippen molar-refractivity contribution in [1.82, 2.24) is 9.97 Å². The van der Waals surface area contributed by atoms with Crippen LogP contribution < -0.4 is 5.73 Å². The van der Waals surface area contributed by atoms with E-state index in [1.165, 1.54) is 0 Å². The smallest absolute Gasteiger partial charge is 0.0545 e. The van der Waals surface area contributed by atoms with Crippen LogP contribution in [-0.4, -0.2) is 9.97 Å². The molecule has 0 saturated heterocycles. The van der Waals surface area contributed by atoms with Gasteiger partial charge in [-0.1, -0.05) is 6.07 Å². The summed E-state index contributed by atoms with van der Waals surface area (Å²) in [5, 5.41) is 0. The molecule has 3 heteroatoms. The molecule has 2 N–H and O–H groups in total. The van der Waals surface area contributed by atoms with Crippen LogP contribution in [0.1, 0.15) is 11.4 Å². The van der Waals surface area contributed by atoms with E-state index in [4.69, 9.17) is 5.73 Å². The van der Waals surface area contributed by atoms with Crippen molar-refractivity contribution in [3.63, 3.8) is 0 Å². The van der Waals surface area contributed by atoms with Crippen molar-refractivity contribution in [1.29, 1.82) is 0 Å². The highest BCUT2D eigenvalue weighted by molar-refractivity contribution is 5.62. The molecular weight excluding hydrogens is 186 g/mol. The van der Waals surface area contributed by atoms with E-state index in [2.05, 4.69) is 16.0 Å². The Morgan fingerprint density at radius 2 is 2.00 bits per heavy atom. The Morgan fingerprint density at radius 1 is 1.13 bits per heavy atom. The van der Waals surface area contributed by atoms with Crippen LogP contribution in [0, 0.1) is 6.92 Å². The minimum Gasteiger partial charge on any atom is -0.325 e. The van der Waals surface area contributed by atoms with Gasteiger partial charge in [0.2, 0.25) is 0 Å². The predicted octanol–water partition coefficient (Wildman–Crippen LogP) is 1.91. The molecule has 2 aromatic rings. The van der Waals surface area contributed by atoms with Crippen molar-refractivity contribution in [2.45, 2.75) is 13.5 Å². The minimum absolute atomic E-state index is 0.465. The Hall–Kier alpha value is -1.74. The summed E-state index contributed by atoms with van der Waals surface area (Å²) >= 11 is 0. The fraction of sp³-hybridized carbons (Fsp3) is 0.167. The van der Waals surface area contributed by atoms with Gasteiger partial charge in [-0.25, -0.2) is 0 Å². The maximum atomic E-state index is 5.54. The van der Waals surface area contributed by atoms with Crippen molar-refractivity contribution < 1.29 is 0 Å². The van der Waals surface area contributed by atoms with Gasteiger partial charge in [0.15, 0.2) is 0 Å².